The van der Waals surface area contributed by atoms with Crippen molar-refractivity contribution in [2.75, 3.05) is 5.73 Å². The Labute approximate surface area is 130 Å². The van der Waals surface area contributed by atoms with Crippen LogP contribution in [-0.2, 0) is 6.18 Å². The molecule has 0 spiro atoms. The average molecular weight is 345 g/mol. The molecule has 1 aromatic carbocycles. The van der Waals surface area contributed by atoms with E-state index in [1.165, 1.54) is 0 Å². The lowest BCUT2D eigenvalue weighted by atomic mass is 10.1. The molecule has 3 rings (SSSR count). The molecule has 0 bridgehead atoms. The Kier molecular flexibility index (Phi) is 3.59. The molecule has 0 fully saturated rings. The molecule has 9 heteroatoms. The highest BCUT2D eigenvalue weighted by molar-refractivity contribution is 7.13. The SMILES string of the molecule is Nc1cnn(-c2c(F)cc(F)cc2-c2cccs2)c1C(F)(F)F. The third-order valence-corrected chi connectivity index (χ3v) is 4.00. The van der Waals surface area contributed by atoms with E-state index in [2.05, 4.69) is 5.10 Å². The van der Waals surface area contributed by atoms with E-state index in [1.54, 1.807) is 17.5 Å². The second-order valence-electron chi connectivity index (χ2n) is 4.62. The normalized spacial score (nSPS) is 11.9. The summed E-state index contributed by atoms with van der Waals surface area (Å²) in [6.07, 6.45) is -4.06. The number of thiophene rings is 1. The third-order valence-electron chi connectivity index (χ3n) is 3.09. The van der Waals surface area contributed by atoms with Crippen LogP contribution >= 0.6 is 11.3 Å². The predicted octanol–water partition coefficient (Wildman–Crippen LogP) is 4.48. The number of hydrogen-bond acceptors (Lipinski definition) is 3. The first-order chi connectivity index (χ1) is 10.8. The van der Waals surface area contributed by atoms with Gasteiger partial charge in [-0.25, -0.2) is 13.5 Å². The Hall–Kier alpha value is -2.42. The number of anilines is 1. The summed E-state index contributed by atoms with van der Waals surface area (Å²) in [5.41, 5.74) is 2.83. The number of rotatable bonds is 2. The highest BCUT2D eigenvalue weighted by atomic mass is 32.1. The van der Waals surface area contributed by atoms with E-state index in [0.717, 1.165) is 23.6 Å². The van der Waals surface area contributed by atoms with Gasteiger partial charge in [0.1, 0.15) is 11.5 Å². The minimum atomic E-state index is -4.84. The molecule has 0 aliphatic rings. The second-order valence-corrected chi connectivity index (χ2v) is 5.57. The van der Waals surface area contributed by atoms with Crippen LogP contribution in [0.25, 0.3) is 16.1 Å². The Morgan fingerprint density at radius 3 is 2.52 bits per heavy atom. The van der Waals surface area contributed by atoms with Gasteiger partial charge in [-0.15, -0.1) is 11.3 Å². The van der Waals surface area contributed by atoms with E-state index >= 15 is 0 Å². The van der Waals surface area contributed by atoms with Crippen molar-refractivity contribution in [1.82, 2.24) is 9.78 Å². The van der Waals surface area contributed by atoms with Gasteiger partial charge in [-0.3, -0.25) is 0 Å². The van der Waals surface area contributed by atoms with Crippen molar-refractivity contribution in [3.63, 3.8) is 0 Å². The number of nitrogens with zero attached hydrogens (tertiary/aromatic N) is 2. The van der Waals surface area contributed by atoms with Crippen LogP contribution in [-0.4, -0.2) is 9.78 Å². The van der Waals surface area contributed by atoms with Gasteiger partial charge in [0.25, 0.3) is 0 Å². The Morgan fingerprint density at radius 2 is 1.91 bits per heavy atom. The molecule has 120 valence electrons. The van der Waals surface area contributed by atoms with Gasteiger partial charge in [0.15, 0.2) is 11.5 Å². The van der Waals surface area contributed by atoms with Gasteiger partial charge in [0.2, 0.25) is 0 Å². The molecule has 0 aliphatic carbocycles. The molecule has 0 aliphatic heterocycles. The minimum absolute atomic E-state index is 0.0360. The lowest BCUT2D eigenvalue weighted by molar-refractivity contribution is -0.142. The van der Waals surface area contributed by atoms with Crippen LogP contribution in [0, 0.1) is 11.6 Å². The topological polar surface area (TPSA) is 43.8 Å². The maximum Gasteiger partial charge on any atom is 0.435 e. The molecule has 23 heavy (non-hydrogen) atoms. The van der Waals surface area contributed by atoms with E-state index in [-0.39, 0.29) is 5.56 Å². The van der Waals surface area contributed by atoms with Crippen LogP contribution in [0.1, 0.15) is 5.69 Å². The molecule has 0 amide bonds. The summed E-state index contributed by atoms with van der Waals surface area (Å²) in [6.45, 7) is 0. The van der Waals surface area contributed by atoms with Crippen molar-refractivity contribution < 1.29 is 22.0 Å². The van der Waals surface area contributed by atoms with Gasteiger partial charge in [-0.2, -0.15) is 18.3 Å². The van der Waals surface area contributed by atoms with Crippen LogP contribution in [0.2, 0.25) is 0 Å². The van der Waals surface area contributed by atoms with Crippen LogP contribution in [0.15, 0.2) is 35.8 Å². The van der Waals surface area contributed by atoms with Gasteiger partial charge < -0.3 is 5.73 Å². The maximum absolute atomic E-state index is 14.3. The Morgan fingerprint density at radius 1 is 1.17 bits per heavy atom. The zero-order chi connectivity index (χ0) is 16.8. The summed E-state index contributed by atoms with van der Waals surface area (Å²) < 4.78 is 67.7. The van der Waals surface area contributed by atoms with Gasteiger partial charge in [0, 0.05) is 16.5 Å². The molecule has 2 aromatic heterocycles. The lowest BCUT2D eigenvalue weighted by Crippen LogP contribution is -2.16. The van der Waals surface area contributed by atoms with Crippen LogP contribution in [0.4, 0.5) is 27.6 Å². The largest absolute Gasteiger partial charge is 0.435 e. The number of benzene rings is 1. The molecule has 3 nitrogen and oxygen atoms in total. The molecule has 0 atom stereocenters. The van der Waals surface area contributed by atoms with Gasteiger partial charge in [-0.1, -0.05) is 6.07 Å². The summed E-state index contributed by atoms with van der Waals surface area (Å²) in [5.74, 6) is -2.06. The van der Waals surface area contributed by atoms with Crippen molar-refractivity contribution >= 4 is 17.0 Å². The van der Waals surface area contributed by atoms with E-state index < -0.39 is 34.9 Å². The van der Waals surface area contributed by atoms with Gasteiger partial charge >= 0.3 is 6.18 Å². The molecule has 0 unspecified atom stereocenters. The zero-order valence-electron chi connectivity index (χ0n) is 11.2. The van der Waals surface area contributed by atoms with E-state index in [9.17, 15) is 22.0 Å². The first kappa shape index (κ1) is 15.5. The maximum atomic E-state index is 14.3. The van der Waals surface area contributed by atoms with Crippen molar-refractivity contribution in [2.24, 2.45) is 0 Å². The second kappa shape index (κ2) is 5.34. The molecule has 0 radical (unpaired) electrons. The van der Waals surface area contributed by atoms with Crippen LogP contribution in [0.3, 0.4) is 0 Å². The molecular formula is C14H8F5N3S. The molecular weight excluding hydrogens is 337 g/mol. The highest BCUT2D eigenvalue weighted by Gasteiger charge is 2.39. The number of hydrogen-bond donors (Lipinski definition) is 1. The Bertz CT molecular complexity index is 852. The van der Waals surface area contributed by atoms with Crippen LogP contribution in [0.5, 0.6) is 0 Å². The quantitative estimate of drug-likeness (QED) is 0.696. The van der Waals surface area contributed by atoms with E-state index in [4.69, 9.17) is 5.73 Å². The summed E-state index contributed by atoms with van der Waals surface area (Å²) in [5, 5.41) is 5.17. The average Bonchev–Trinajstić information content (AvgIpc) is 3.06. The minimum Gasteiger partial charge on any atom is -0.396 e. The summed E-state index contributed by atoms with van der Waals surface area (Å²) in [6, 6.07) is 4.63. The molecule has 3 aromatic rings. The third kappa shape index (κ3) is 2.67. The van der Waals surface area contributed by atoms with E-state index in [1.807, 2.05) is 0 Å². The van der Waals surface area contributed by atoms with Gasteiger partial charge in [0.05, 0.1) is 11.9 Å². The smallest absolute Gasteiger partial charge is 0.396 e. The predicted molar refractivity (Wildman–Crippen MR) is 76.2 cm³/mol. The number of alkyl halides is 3. The summed E-state index contributed by atoms with van der Waals surface area (Å²) in [4.78, 5) is 0.403. The fourth-order valence-corrected chi connectivity index (χ4v) is 2.96. The number of halogens is 5. The van der Waals surface area contributed by atoms with Crippen LogP contribution < -0.4 is 5.73 Å². The fourth-order valence-electron chi connectivity index (χ4n) is 2.22. The molecule has 2 N–H and O–H groups in total. The molecule has 0 saturated carbocycles. The number of aromatic nitrogens is 2. The number of nitrogens with two attached hydrogens (primary N) is 1. The standard InChI is InChI=1S/C14H8F5N3S/c15-7-4-8(11-2-1-3-23-11)12(9(16)5-7)22-13(14(17,18)19)10(20)6-21-22/h1-6H,20H2. The Balaban J connectivity index is 2.34. The van der Waals surface area contributed by atoms with Crippen molar-refractivity contribution in [3.05, 3.63) is 53.2 Å². The zero-order valence-corrected chi connectivity index (χ0v) is 12.1. The fraction of sp³-hybridized carbons (Fsp3) is 0.0714. The van der Waals surface area contributed by atoms with Crippen molar-refractivity contribution in [3.8, 4) is 16.1 Å². The first-order valence-electron chi connectivity index (χ1n) is 6.23. The molecule has 2 heterocycles. The molecule has 0 saturated heterocycles. The summed E-state index contributed by atoms with van der Waals surface area (Å²) in [7, 11) is 0. The summed E-state index contributed by atoms with van der Waals surface area (Å²) >= 11 is 1.14. The number of nitrogen functional groups attached to an aromatic ring is 1. The first-order valence-corrected chi connectivity index (χ1v) is 7.11. The van der Waals surface area contributed by atoms with Crippen molar-refractivity contribution in [1.29, 1.82) is 0 Å². The lowest BCUT2D eigenvalue weighted by Gasteiger charge is -2.15. The van der Waals surface area contributed by atoms with E-state index in [0.29, 0.717) is 15.6 Å². The monoisotopic (exact) mass is 345 g/mol. The highest BCUT2D eigenvalue weighted by Crippen LogP contribution is 2.39. The van der Waals surface area contributed by atoms with Gasteiger partial charge in [-0.05, 0) is 17.5 Å². The van der Waals surface area contributed by atoms with Crippen molar-refractivity contribution in [2.45, 2.75) is 6.18 Å².